The van der Waals surface area contributed by atoms with Crippen molar-refractivity contribution in [1.82, 2.24) is 10.3 Å². The van der Waals surface area contributed by atoms with Gasteiger partial charge in [-0.25, -0.2) is 4.98 Å². The van der Waals surface area contributed by atoms with Gasteiger partial charge in [-0.3, -0.25) is 4.79 Å². The molecule has 0 spiro atoms. The maximum Gasteiger partial charge on any atom is 0.227 e. The van der Waals surface area contributed by atoms with Crippen molar-refractivity contribution in [1.29, 1.82) is 0 Å². The number of nitrogens with two attached hydrogens (primary N) is 1. The number of aryl methyl sites for hydroxylation is 1. The number of hydrogen-bond acceptors (Lipinski definition) is 4. The Bertz CT molecular complexity index is 348. The van der Waals surface area contributed by atoms with E-state index in [0.717, 1.165) is 10.6 Å². The molecule has 0 fully saturated rings. The number of nitrogens with zero attached hydrogens (tertiary/aromatic N) is 1. The summed E-state index contributed by atoms with van der Waals surface area (Å²) < 4.78 is 0. The molecule has 14 heavy (non-hydrogen) atoms. The molecule has 0 radical (unpaired) electrons. The summed E-state index contributed by atoms with van der Waals surface area (Å²) in [6.07, 6.45) is 0.104. The van der Waals surface area contributed by atoms with Crippen molar-refractivity contribution in [3.63, 3.8) is 0 Å². The molecule has 1 rings (SSSR count). The third kappa shape index (κ3) is 3.39. The van der Waals surface area contributed by atoms with E-state index in [0.29, 0.717) is 6.54 Å². The number of aromatic nitrogens is 1. The minimum absolute atomic E-state index is 0.104. The van der Waals surface area contributed by atoms with Gasteiger partial charge in [0.15, 0.2) is 0 Å². The number of carbonyl (C=O) groups is 1. The van der Waals surface area contributed by atoms with E-state index in [2.05, 4.69) is 22.5 Å². The van der Waals surface area contributed by atoms with Gasteiger partial charge >= 0.3 is 0 Å². The van der Waals surface area contributed by atoms with E-state index < -0.39 is 0 Å². The maximum atomic E-state index is 11.2. The van der Waals surface area contributed by atoms with Gasteiger partial charge in [0.2, 0.25) is 5.91 Å². The average Bonchev–Trinajstić information content (AvgIpc) is 2.46. The predicted octanol–water partition coefficient (Wildman–Crippen LogP) is 0.744. The molecule has 0 atom stereocenters. The Morgan fingerprint density at radius 3 is 3.00 bits per heavy atom. The van der Waals surface area contributed by atoms with Crippen LogP contribution in [0.3, 0.4) is 0 Å². The van der Waals surface area contributed by atoms with Crippen LogP contribution in [0.15, 0.2) is 5.51 Å². The van der Waals surface area contributed by atoms with Crippen LogP contribution in [0.1, 0.15) is 17.0 Å². The first-order valence-electron chi connectivity index (χ1n) is 4.03. The van der Waals surface area contributed by atoms with E-state index in [9.17, 15) is 4.79 Å². The molecule has 76 valence electrons. The minimum atomic E-state index is -0.148. The Hall–Kier alpha value is -1.01. The lowest BCUT2D eigenvalue weighted by Crippen LogP contribution is -2.27. The van der Waals surface area contributed by atoms with Crippen molar-refractivity contribution in [2.24, 2.45) is 5.73 Å². The maximum absolute atomic E-state index is 11.2. The second kappa shape index (κ2) is 5.02. The molecular weight excluding hydrogens is 218 g/mol. The monoisotopic (exact) mass is 229 g/mol. The smallest absolute Gasteiger partial charge is 0.227 e. The van der Waals surface area contributed by atoms with Crippen molar-refractivity contribution in [2.45, 2.75) is 19.9 Å². The van der Waals surface area contributed by atoms with Crippen LogP contribution in [0.2, 0.25) is 0 Å². The molecule has 1 aromatic heterocycles. The molecule has 0 saturated heterocycles. The zero-order chi connectivity index (χ0) is 10.6. The summed E-state index contributed by atoms with van der Waals surface area (Å²) in [6.45, 7) is 2.41. The topological polar surface area (TPSA) is 68.0 Å². The normalized spacial score (nSPS) is 9.79. The minimum Gasteiger partial charge on any atom is -0.393 e. The van der Waals surface area contributed by atoms with Crippen molar-refractivity contribution >= 4 is 34.5 Å². The van der Waals surface area contributed by atoms with Gasteiger partial charge in [-0.2, -0.15) is 0 Å². The van der Waals surface area contributed by atoms with Crippen LogP contribution in [-0.4, -0.2) is 15.9 Å². The molecule has 0 bridgehead atoms. The molecule has 1 amide bonds. The Balaban J connectivity index is 2.38. The van der Waals surface area contributed by atoms with Gasteiger partial charge in [0, 0.05) is 4.88 Å². The zero-order valence-electron chi connectivity index (χ0n) is 7.74. The molecule has 0 aliphatic heterocycles. The summed E-state index contributed by atoms with van der Waals surface area (Å²) >= 11 is 6.14. The quantitative estimate of drug-likeness (QED) is 0.747. The summed E-state index contributed by atoms with van der Waals surface area (Å²) in [5.41, 5.74) is 7.94. The summed E-state index contributed by atoms with van der Waals surface area (Å²) in [6, 6.07) is 0. The van der Waals surface area contributed by atoms with Gasteiger partial charge < -0.3 is 11.1 Å². The highest BCUT2D eigenvalue weighted by atomic mass is 32.1. The molecule has 6 heteroatoms. The first-order chi connectivity index (χ1) is 6.59. The third-order valence-corrected chi connectivity index (χ3v) is 2.71. The number of carbonyl (C=O) groups excluding carboxylic acids is 1. The van der Waals surface area contributed by atoms with Crippen LogP contribution in [0.5, 0.6) is 0 Å². The lowest BCUT2D eigenvalue weighted by atomic mass is 10.3. The van der Waals surface area contributed by atoms with Crippen molar-refractivity contribution in [3.8, 4) is 0 Å². The van der Waals surface area contributed by atoms with E-state index in [-0.39, 0.29) is 17.3 Å². The highest BCUT2D eigenvalue weighted by Crippen LogP contribution is 2.10. The number of amides is 1. The van der Waals surface area contributed by atoms with E-state index in [1.54, 1.807) is 5.51 Å². The molecule has 0 saturated carbocycles. The Kier molecular flexibility index (Phi) is 3.97. The predicted molar refractivity (Wildman–Crippen MR) is 60.1 cm³/mol. The molecule has 4 nitrogen and oxygen atoms in total. The van der Waals surface area contributed by atoms with Crippen molar-refractivity contribution in [3.05, 3.63) is 16.1 Å². The molecular formula is C8H11N3OS2. The second-order valence-corrected chi connectivity index (χ2v) is 4.24. The summed E-state index contributed by atoms with van der Waals surface area (Å²) in [4.78, 5) is 16.5. The highest BCUT2D eigenvalue weighted by molar-refractivity contribution is 7.80. The number of thiocarbonyl (C=S) groups is 1. The fourth-order valence-corrected chi connectivity index (χ4v) is 1.74. The summed E-state index contributed by atoms with van der Waals surface area (Å²) in [7, 11) is 0. The van der Waals surface area contributed by atoms with Gasteiger partial charge in [0.05, 0.1) is 29.2 Å². The number of nitrogens with one attached hydrogen (secondary N) is 1. The fraction of sp³-hybridized carbons (Fsp3) is 0.375. The van der Waals surface area contributed by atoms with Crippen LogP contribution >= 0.6 is 23.6 Å². The molecule has 3 N–H and O–H groups in total. The van der Waals surface area contributed by atoms with Crippen LogP contribution in [0.25, 0.3) is 0 Å². The van der Waals surface area contributed by atoms with Crippen LogP contribution < -0.4 is 11.1 Å². The first kappa shape index (κ1) is 11.1. The summed E-state index contributed by atoms with van der Waals surface area (Å²) in [5.74, 6) is -0.148. The first-order valence-corrected chi connectivity index (χ1v) is 5.32. The molecule has 1 aromatic rings. The summed E-state index contributed by atoms with van der Waals surface area (Å²) in [5, 5.41) is 2.72. The largest absolute Gasteiger partial charge is 0.393 e. The second-order valence-electron chi connectivity index (χ2n) is 2.78. The van der Waals surface area contributed by atoms with E-state index >= 15 is 0 Å². The standard InChI is InChI=1S/C8H11N3OS2/c1-5-6(14-4-11-5)3-10-8(12)2-7(9)13/h4H,2-3H2,1H3,(H2,9,13)(H,10,12). The van der Waals surface area contributed by atoms with Gasteiger partial charge in [0.1, 0.15) is 0 Å². The van der Waals surface area contributed by atoms with Crippen LogP contribution in [-0.2, 0) is 11.3 Å². The Morgan fingerprint density at radius 2 is 2.50 bits per heavy atom. The number of rotatable bonds is 4. The zero-order valence-corrected chi connectivity index (χ0v) is 9.37. The van der Waals surface area contributed by atoms with Crippen LogP contribution in [0.4, 0.5) is 0 Å². The van der Waals surface area contributed by atoms with Gasteiger partial charge in [-0.1, -0.05) is 12.2 Å². The Morgan fingerprint density at radius 1 is 1.79 bits per heavy atom. The van der Waals surface area contributed by atoms with Crippen molar-refractivity contribution in [2.75, 3.05) is 0 Å². The van der Waals surface area contributed by atoms with E-state index in [4.69, 9.17) is 5.73 Å². The third-order valence-electron chi connectivity index (χ3n) is 1.63. The fourth-order valence-electron chi connectivity index (χ4n) is 0.895. The lowest BCUT2D eigenvalue weighted by Gasteiger charge is -2.02. The van der Waals surface area contributed by atoms with E-state index in [1.165, 1.54) is 11.3 Å². The SMILES string of the molecule is Cc1ncsc1CNC(=O)CC(N)=S. The number of thiazole rings is 1. The number of hydrogen-bond donors (Lipinski definition) is 2. The van der Waals surface area contributed by atoms with E-state index in [1.807, 2.05) is 6.92 Å². The molecule has 0 aliphatic carbocycles. The van der Waals surface area contributed by atoms with Gasteiger partial charge in [-0.15, -0.1) is 11.3 Å². The molecule has 0 aromatic carbocycles. The Labute approximate surface area is 91.5 Å². The van der Waals surface area contributed by atoms with Gasteiger partial charge in [-0.05, 0) is 6.92 Å². The lowest BCUT2D eigenvalue weighted by molar-refractivity contribution is -0.120. The molecule has 1 heterocycles. The van der Waals surface area contributed by atoms with Crippen molar-refractivity contribution < 1.29 is 4.79 Å². The highest BCUT2D eigenvalue weighted by Gasteiger charge is 2.05. The molecule has 0 unspecified atom stereocenters. The van der Waals surface area contributed by atoms with Gasteiger partial charge in [0.25, 0.3) is 0 Å². The average molecular weight is 229 g/mol. The molecule has 0 aliphatic rings. The van der Waals surface area contributed by atoms with Crippen LogP contribution in [0, 0.1) is 6.92 Å².